The molecule has 33 heavy (non-hydrogen) atoms. The Bertz CT molecular complexity index is 1430. The van der Waals surface area contributed by atoms with Gasteiger partial charge in [-0.25, -0.2) is 4.83 Å². The number of aryl methyl sites for hydroxylation is 1. The van der Waals surface area contributed by atoms with Gasteiger partial charge in [0.25, 0.3) is 21.5 Å². The van der Waals surface area contributed by atoms with Crippen LogP contribution in [0, 0.1) is 18.3 Å². The molecular formula is C21H18ClN5O4S2. The molecule has 170 valence electrons. The van der Waals surface area contributed by atoms with Crippen molar-refractivity contribution in [1.29, 1.82) is 5.26 Å². The summed E-state index contributed by atoms with van der Waals surface area (Å²) in [5, 5.41) is 12.6. The fraction of sp³-hybridized carbons (Fsp3) is 0.0952. The van der Waals surface area contributed by atoms with Crippen LogP contribution in [-0.2, 0) is 10.0 Å². The number of anilines is 2. The molecular weight excluding hydrogens is 486 g/mol. The lowest BCUT2D eigenvalue weighted by atomic mass is 10.1. The van der Waals surface area contributed by atoms with E-state index in [4.69, 9.17) is 17.3 Å². The molecule has 0 atom stereocenters. The lowest BCUT2D eigenvalue weighted by Crippen LogP contribution is -2.38. The molecule has 9 nitrogen and oxygen atoms in total. The highest BCUT2D eigenvalue weighted by atomic mass is 35.5. The number of hydrogen-bond donors (Lipinski definition) is 3. The first-order valence-electron chi connectivity index (χ1n) is 9.28. The van der Waals surface area contributed by atoms with Gasteiger partial charge in [-0.3, -0.25) is 9.59 Å². The summed E-state index contributed by atoms with van der Waals surface area (Å²) in [6.45, 7) is 1.79. The van der Waals surface area contributed by atoms with Gasteiger partial charge >= 0.3 is 0 Å². The summed E-state index contributed by atoms with van der Waals surface area (Å²) < 4.78 is 26.2. The minimum atomic E-state index is -4.26. The summed E-state index contributed by atoms with van der Waals surface area (Å²) >= 11 is 6.83. The predicted octanol–water partition coefficient (Wildman–Crippen LogP) is 3.17. The third-order valence-electron chi connectivity index (χ3n) is 4.56. The van der Waals surface area contributed by atoms with E-state index >= 15 is 0 Å². The SMILES string of the molecule is CSc1c(C(=O)Nc2ccc(Cl)cc2)c(N)n(NS(=O)(=O)c2ccc(C)cc2)c(=O)c1C#N. The number of nitrogen functional groups attached to an aromatic ring is 1. The standard InChI is InChI=1S/C21H18ClN5O4S2/c1-12-3-9-15(10-4-12)33(30,31)26-27-19(24)17(18(32-2)16(11-23)21(27)29)20(28)25-14-7-5-13(22)6-8-14/h3-10,26H,24H2,1-2H3,(H,25,28). The summed E-state index contributed by atoms with van der Waals surface area (Å²) in [5.41, 5.74) is 5.67. The van der Waals surface area contributed by atoms with Gasteiger partial charge < -0.3 is 11.1 Å². The number of pyridine rings is 1. The molecule has 4 N–H and O–H groups in total. The summed E-state index contributed by atoms with van der Waals surface area (Å²) in [4.78, 5) is 27.9. The first kappa shape index (κ1) is 24.2. The third kappa shape index (κ3) is 4.98. The second-order valence-electron chi connectivity index (χ2n) is 6.79. The van der Waals surface area contributed by atoms with Crippen LogP contribution >= 0.6 is 23.4 Å². The molecule has 0 saturated heterocycles. The van der Waals surface area contributed by atoms with Crippen molar-refractivity contribution >= 4 is 50.8 Å². The lowest BCUT2D eigenvalue weighted by molar-refractivity contribution is 0.102. The van der Waals surface area contributed by atoms with Gasteiger partial charge in [0.1, 0.15) is 17.5 Å². The van der Waals surface area contributed by atoms with E-state index in [0.29, 0.717) is 15.4 Å². The molecule has 3 aromatic rings. The molecule has 3 rings (SSSR count). The smallest absolute Gasteiger partial charge is 0.290 e. The molecule has 1 heterocycles. The van der Waals surface area contributed by atoms with Crippen LogP contribution in [0.2, 0.25) is 5.02 Å². The van der Waals surface area contributed by atoms with Gasteiger partial charge in [0.15, 0.2) is 0 Å². The van der Waals surface area contributed by atoms with Crippen LogP contribution in [0.25, 0.3) is 0 Å². The number of halogens is 1. The van der Waals surface area contributed by atoms with Crippen molar-refractivity contribution in [3.63, 3.8) is 0 Å². The van der Waals surface area contributed by atoms with E-state index in [2.05, 4.69) is 10.1 Å². The van der Waals surface area contributed by atoms with E-state index in [0.717, 1.165) is 17.3 Å². The van der Waals surface area contributed by atoms with Crippen LogP contribution in [0.1, 0.15) is 21.5 Å². The maximum Gasteiger partial charge on any atom is 0.290 e. The summed E-state index contributed by atoms with van der Waals surface area (Å²) in [6, 6.07) is 13.9. The van der Waals surface area contributed by atoms with Crippen molar-refractivity contribution in [3.05, 3.63) is 80.6 Å². The van der Waals surface area contributed by atoms with Crippen LogP contribution < -0.4 is 21.4 Å². The Hall–Kier alpha value is -3.46. The number of carbonyl (C=O) groups excluding carboxylic acids is 1. The molecule has 0 aliphatic carbocycles. The average Bonchev–Trinajstić information content (AvgIpc) is 2.78. The predicted molar refractivity (Wildman–Crippen MR) is 129 cm³/mol. The number of aromatic nitrogens is 1. The number of hydrogen-bond acceptors (Lipinski definition) is 7. The number of benzene rings is 2. The van der Waals surface area contributed by atoms with Crippen molar-refractivity contribution in [2.45, 2.75) is 16.7 Å². The van der Waals surface area contributed by atoms with Gasteiger partial charge in [0.2, 0.25) is 0 Å². The number of thioether (sulfide) groups is 1. The molecule has 0 aliphatic rings. The first-order chi connectivity index (χ1) is 15.6. The zero-order valence-corrected chi connectivity index (χ0v) is 19.8. The zero-order valence-electron chi connectivity index (χ0n) is 17.4. The largest absolute Gasteiger partial charge is 0.383 e. The van der Waals surface area contributed by atoms with Crippen molar-refractivity contribution in [1.82, 2.24) is 4.68 Å². The highest BCUT2D eigenvalue weighted by Crippen LogP contribution is 2.28. The number of amides is 1. The molecule has 2 aromatic carbocycles. The monoisotopic (exact) mass is 503 g/mol. The Balaban J connectivity index is 2.14. The maximum atomic E-state index is 13.1. The quantitative estimate of drug-likeness (QED) is 0.437. The molecule has 0 saturated carbocycles. The number of nitrogens with one attached hydrogen (secondary N) is 2. The Kier molecular flexibility index (Phi) is 7.02. The van der Waals surface area contributed by atoms with Gasteiger partial charge in [-0.1, -0.05) is 29.3 Å². The number of nitrogens with zero attached hydrogens (tertiary/aromatic N) is 2. The summed E-state index contributed by atoms with van der Waals surface area (Å²) in [5.74, 6) is -1.20. The van der Waals surface area contributed by atoms with Crippen LogP contribution in [0.15, 0.2) is 63.1 Å². The molecule has 0 fully saturated rings. The van der Waals surface area contributed by atoms with Crippen LogP contribution in [0.5, 0.6) is 0 Å². The third-order valence-corrected chi connectivity index (χ3v) is 6.94. The Morgan fingerprint density at radius 2 is 1.76 bits per heavy atom. The molecule has 0 spiro atoms. The highest BCUT2D eigenvalue weighted by molar-refractivity contribution is 7.98. The average molecular weight is 504 g/mol. The van der Waals surface area contributed by atoms with E-state index < -0.39 is 32.9 Å². The van der Waals surface area contributed by atoms with Crippen LogP contribution in [0.4, 0.5) is 11.5 Å². The number of carbonyl (C=O) groups is 1. The fourth-order valence-corrected chi connectivity index (χ4v) is 4.79. The Morgan fingerprint density at radius 1 is 1.15 bits per heavy atom. The van der Waals surface area contributed by atoms with Gasteiger partial charge in [0, 0.05) is 15.6 Å². The van der Waals surface area contributed by atoms with Gasteiger partial charge in [-0.05, 0) is 49.6 Å². The van der Waals surface area contributed by atoms with E-state index in [1.807, 2.05) is 0 Å². The van der Waals surface area contributed by atoms with Gasteiger partial charge in [-0.15, -0.1) is 11.8 Å². The lowest BCUT2D eigenvalue weighted by Gasteiger charge is -2.19. The van der Waals surface area contributed by atoms with Crippen LogP contribution in [0.3, 0.4) is 0 Å². The zero-order chi connectivity index (χ0) is 24.3. The number of sulfonamides is 1. The number of nitrogens with two attached hydrogens (primary N) is 1. The highest BCUT2D eigenvalue weighted by Gasteiger charge is 2.27. The second kappa shape index (κ2) is 9.58. The van der Waals surface area contributed by atoms with Crippen LogP contribution in [-0.4, -0.2) is 25.3 Å². The van der Waals surface area contributed by atoms with E-state index in [-0.39, 0.29) is 15.4 Å². The maximum absolute atomic E-state index is 13.1. The number of nitriles is 1. The number of rotatable bonds is 6. The van der Waals surface area contributed by atoms with E-state index in [1.54, 1.807) is 55.6 Å². The molecule has 0 bridgehead atoms. The molecule has 12 heteroatoms. The van der Waals surface area contributed by atoms with Gasteiger partial charge in [0.05, 0.1) is 10.5 Å². The second-order valence-corrected chi connectivity index (χ2v) is 9.70. The summed E-state index contributed by atoms with van der Waals surface area (Å²) in [7, 11) is -4.26. The Labute approximate surface area is 199 Å². The van der Waals surface area contributed by atoms with Crippen molar-refractivity contribution in [2.75, 3.05) is 22.1 Å². The van der Waals surface area contributed by atoms with E-state index in [9.17, 15) is 23.3 Å². The first-order valence-corrected chi connectivity index (χ1v) is 12.4. The minimum Gasteiger partial charge on any atom is -0.383 e. The van der Waals surface area contributed by atoms with E-state index in [1.165, 1.54) is 12.1 Å². The summed E-state index contributed by atoms with van der Waals surface area (Å²) in [6.07, 6.45) is 1.56. The normalized spacial score (nSPS) is 11.0. The Morgan fingerprint density at radius 3 is 2.30 bits per heavy atom. The fourth-order valence-electron chi connectivity index (χ4n) is 2.90. The van der Waals surface area contributed by atoms with Crippen molar-refractivity contribution < 1.29 is 13.2 Å². The minimum absolute atomic E-state index is 0.0252. The molecule has 0 aliphatic heterocycles. The van der Waals surface area contributed by atoms with Gasteiger partial charge in [-0.2, -0.15) is 18.4 Å². The molecule has 1 amide bonds. The molecule has 1 aromatic heterocycles. The van der Waals surface area contributed by atoms with Crippen molar-refractivity contribution in [3.8, 4) is 6.07 Å². The van der Waals surface area contributed by atoms with Crippen molar-refractivity contribution in [2.24, 2.45) is 0 Å². The molecule has 0 unspecified atom stereocenters. The topological polar surface area (TPSA) is 147 Å². The molecule has 0 radical (unpaired) electrons.